The van der Waals surface area contributed by atoms with Crippen LogP contribution in [0.2, 0.25) is 0 Å². The van der Waals surface area contributed by atoms with Gasteiger partial charge in [-0.15, -0.1) is 21.5 Å². The monoisotopic (exact) mass is 439 g/mol. The summed E-state index contributed by atoms with van der Waals surface area (Å²) in [6.45, 7) is 4.55. The maximum absolute atomic E-state index is 13.0. The number of nitrogens with zero attached hydrogens (tertiary/aromatic N) is 5. The Morgan fingerprint density at radius 3 is 2.90 bits per heavy atom. The molecule has 0 saturated heterocycles. The summed E-state index contributed by atoms with van der Waals surface area (Å²) in [5, 5.41) is 12.4. The van der Waals surface area contributed by atoms with Gasteiger partial charge in [0.25, 0.3) is 0 Å². The highest BCUT2D eigenvalue weighted by molar-refractivity contribution is 7.99. The molecule has 7 nitrogen and oxygen atoms in total. The molecule has 0 radical (unpaired) electrons. The van der Waals surface area contributed by atoms with Gasteiger partial charge in [-0.2, -0.15) is 0 Å². The molecule has 0 atom stereocenters. The Kier molecular flexibility index (Phi) is 5.08. The maximum atomic E-state index is 13.0. The van der Waals surface area contributed by atoms with E-state index in [0.29, 0.717) is 18.2 Å². The first kappa shape index (κ1) is 19.3. The van der Waals surface area contributed by atoms with Crippen molar-refractivity contribution in [1.82, 2.24) is 24.3 Å². The van der Waals surface area contributed by atoms with Crippen LogP contribution in [0.5, 0.6) is 0 Å². The van der Waals surface area contributed by atoms with Gasteiger partial charge in [0, 0.05) is 34.4 Å². The number of carbonyl (C=O) groups excluding carboxylic acids is 1. The molecule has 1 aliphatic rings. The molecule has 30 heavy (non-hydrogen) atoms. The minimum Gasteiger partial charge on any atom is -0.467 e. The van der Waals surface area contributed by atoms with Crippen molar-refractivity contribution in [3.05, 3.63) is 64.6 Å². The highest BCUT2D eigenvalue weighted by Crippen LogP contribution is 2.40. The summed E-state index contributed by atoms with van der Waals surface area (Å²) >= 11 is 2.99. The number of thiazole rings is 1. The standard InChI is InChI=1S/C21H21N5O2S2/c1-13-10-17(14(2)26(13)20-22-7-9-29-20)18(27)12-30-21-24-23-19(15-5-6-15)25(21)11-16-4-3-8-28-16/h3-4,7-10,15H,5-6,11-12H2,1-2H3. The molecule has 0 unspecified atom stereocenters. The zero-order valence-electron chi connectivity index (χ0n) is 16.7. The highest BCUT2D eigenvalue weighted by Gasteiger charge is 2.31. The molecule has 0 spiro atoms. The predicted molar refractivity (Wildman–Crippen MR) is 116 cm³/mol. The molecule has 1 aliphatic carbocycles. The molecular weight excluding hydrogens is 418 g/mol. The van der Waals surface area contributed by atoms with Crippen molar-refractivity contribution < 1.29 is 9.21 Å². The maximum Gasteiger partial charge on any atom is 0.193 e. The first-order chi connectivity index (χ1) is 14.6. The molecule has 0 aromatic carbocycles. The normalized spacial score (nSPS) is 13.8. The van der Waals surface area contributed by atoms with Crippen molar-refractivity contribution in [2.45, 2.75) is 44.3 Å². The lowest BCUT2D eigenvalue weighted by atomic mass is 10.2. The van der Waals surface area contributed by atoms with Crippen LogP contribution in [0, 0.1) is 13.8 Å². The fourth-order valence-corrected chi connectivity index (χ4v) is 5.21. The van der Waals surface area contributed by atoms with Crippen molar-refractivity contribution in [3.63, 3.8) is 0 Å². The molecule has 4 heterocycles. The summed E-state index contributed by atoms with van der Waals surface area (Å²) in [5.74, 6) is 2.70. The second-order valence-electron chi connectivity index (χ2n) is 7.43. The van der Waals surface area contributed by atoms with Crippen LogP contribution in [-0.4, -0.2) is 35.9 Å². The Morgan fingerprint density at radius 2 is 2.20 bits per heavy atom. The van der Waals surface area contributed by atoms with E-state index in [4.69, 9.17) is 4.42 Å². The molecule has 5 rings (SSSR count). The van der Waals surface area contributed by atoms with E-state index < -0.39 is 0 Å². The summed E-state index contributed by atoms with van der Waals surface area (Å²) in [5.41, 5.74) is 2.66. The third kappa shape index (κ3) is 3.63. The molecule has 1 saturated carbocycles. The van der Waals surface area contributed by atoms with Crippen LogP contribution < -0.4 is 0 Å². The highest BCUT2D eigenvalue weighted by atomic mass is 32.2. The van der Waals surface area contributed by atoms with Crippen molar-refractivity contribution in [2.24, 2.45) is 0 Å². The first-order valence-corrected chi connectivity index (χ1v) is 11.7. The largest absolute Gasteiger partial charge is 0.467 e. The van der Waals surface area contributed by atoms with E-state index in [9.17, 15) is 4.79 Å². The zero-order valence-corrected chi connectivity index (χ0v) is 18.4. The van der Waals surface area contributed by atoms with Crippen molar-refractivity contribution in [3.8, 4) is 5.13 Å². The Bertz CT molecular complexity index is 1170. The SMILES string of the molecule is Cc1cc(C(=O)CSc2nnc(C3CC3)n2Cc2ccco2)c(C)n1-c1nccs1. The lowest BCUT2D eigenvalue weighted by molar-refractivity contribution is 0.102. The quantitative estimate of drug-likeness (QED) is 0.294. The molecule has 0 bridgehead atoms. The minimum atomic E-state index is 0.0800. The summed E-state index contributed by atoms with van der Waals surface area (Å²) in [4.78, 5) is 17.4. The smallest absolute Gasteiger partial charge is 0.193 e. The molecule has 1 fully saturated rings. The van der Waals surface area contributed by atoms with Gasteiger partial charge in [-0.3, -0.25) is 13.9 Å². The molecule has 9 heteroatoms. The van der Waals surface area contributed by atoms with Crippen LogP contribution in [0.1, 0.15) is 52.1 Å². The number of rotatable bonds is 8. The van der Waals surface area contributed by atoms with E-state index in [2.05, 4.69) is 19.7 Å². The van der Waals surface area contributed by atoms with Crippen molar-refractivity contribution in [1.29, 1.82) is 0 Å². The molecule has 0 amide bonds. The number of Topliss-reactive ketones (excluding diaryl/α,β-unsaturated/α-hetero) is 1. The lowest BCUT2D eigenvalue weighted by Gasteiger charge is -2.08. The van der Waals surface area contributed by atoms with Gasteiger partial charge in [-0.05, 0) is 44.9 Å². The average molecular weight is 440 g/mol. The van der Waals surface area contributed by atoms with Gasteiger partial charge in [0.05, 0.1) is 18.6 Å². The fraction of sp³-hybridized carbons (Fsp3) is 0.333. The predicted octanol–water partition coefficient (Wildman–Crippen LogP) is 4.64. The Labute approximate surface area is 182 Å². The van der Waals surface area contributed by atoms with Gasteiger partial charge >= 0.3 is 0 Å². The number of aryl methyl sites for hydroxylation is 1. The third-order valence-electron chi connectivity index (χ3n) is 5.26. The third-order valence-corrected chi connectivity index (χ3v) is 6.98. The zero-order chi connectivity index (χ0) is 20.7. The Balaban J connectivity index is 1.36. The summed E-state index contributed by atoms with van der Waals surface area (Å²) in [7, 11) is 0. The van der Waals surface area contributed by atoms with Crippen LogP contribution >= 0.6 is 23.1 Å². The Morgan fingerprint density at radius 1 is 1.33 bits per heavy atom. The Hall–Kier alpha value is -2.65. The van der Waals surface area contributed by atoms with Gasteiger partial charge in [0.2, 0.25) is 0 Å². The summed E-state index contributed by atoms with van der Waals surface area (Å²) in [6.07, 6.45) is 5.73. The average Bonchev–Trinajstić information content (AvgIpc) is 3.14. The number of hydrogen-bond donors (Lipinski definition) is 0. The number of aromatic nitrogens is 5. The number of furan rings is 1. The van der Waals surface area contributed by atoms with Gasteiger partial charge in [0.15, 0.2) is 16.1 Å². The molecule has 4 aromatic rings. The van der Waals surface area contributed by atoms with E-state index in [1.54, 1.807) is 23.8 Å². The van der Waals surface area contributed by atoms with Crippen LogP contribution in [0.15, 0.2) is 45.6 Å². The topological polar surface area (TPSA) is 78.7 Å². The first-order valence-electron chi connectivity index (χ1n) is 9.82. The molecule has 0 N–H and O–H groups in total. The number of thioether (sulfide) groups is 1. The van der Waals surface area contributed by atoms with Gasteiger partial charge < -0.3 is 4.42 Å². The van der Waals surface area contributed by atoms with E-state index in [-0.39, 0.29) is 5.78 Å². The number of hydrogen-bond acceptors (Lipinski definition) is 7. The molecular formula is C21H21N5O2S2. The molecule has 154 valence electrons. The van der Waals surface area contributed by atoms with E-state index >= 15 is 0 Å². The summed E-state index contributed by atoms with van der Waals surface area (Å²) < 4.78 is 9.64. The number of carbonyl (C=O) groups is 1. The van der Waals surface area contributed by atoms with E-state index in [1.165, 1.54) is 11.8 Å². The van der Waals surface area contributed by atoms with Gasteiger partial charge in [-0.1, -0.05) is 11.8 Å². The fourth-order valence-electron chi connectivity index (χ4n) is 3.63. The lowest BCUT2D eigenvalue weighted by Crippen LogP contribution is -2.08. The number of ketones is 1. The molecule has 0 aliphatic heterocycles. The van der Waals surface area contributed by atoms with Crippen LogP contribution in [0.25, 0.3) is 5.13 Å². The van der Waals surface area contributed by atoms with Crippen LogP contribution in [0.4, 0.5) is 0 Å². The summed E-state index contributed by atoms with van der Waals surface area (Å²) in [6, 6.07) is 5.78. The van der Waals surface area contributed by atoms with E-state index in [1.807, 2.05) is 42.0 Å². The van der Waals surface area contributed by atoms with Gasteiger partial charge in [0.1, 0.15) is 11.6 Å². The van der Waals surface area contributed by atoms with Crippen LogP contribution in [-0.2, 0) is 6.54 Å². The minimum absolute atomic E-state index is 0.0800. The second-order valence-corrected chi connectivity index (χ2v) is 9.24. The van der Waals surface area contributed by atoms with Crippen molar-refractivity contribution >= 4 is 28.9 Å². The second kappa shape index (κ2) is 7.88. The van der Waals surface area contributed by atoms with Gasteiger partial charge in [-0.25, -0.2) is 4.98 Å². The molecule has 4 aromatic heterocycles. The van der Waals surface area contributed by atoms with E-state index in [0.717, 1.165) is 51.7 Å². The van der Waals surface area contributed by atoms with Crippen LogP contribution in [0.3, 0.4) is 0 Å². The van der Waals surface area contributed by atoms with Crippen molar-refractivity contribution in [2.75, 3.05) is 5.75 Å².